The molecule has 0 saturated heterocycles. The SMILES string of the molecule is CCCCCCCCCCCCCCCCCCCCCCCCC/C=C/C(O)C(CO)NC(=O)CCCCCCCCCCCCCCCCCCCCCCCCOC(=O)CCCCCCCCCCCCCC. The molecule has 0 spiro atoms. The van der Waals surface area contributed by atoms with Gasteiger partial charge in [0.2, 0.25) is 5.91 Å². The summed E-state index contributed by atoms with van der Waals surface area (Å²) >= 11 is 0. The van der Waals surface area contributed by atoms with E-state index in [1.807, 2.05) is 6.08 Å². The van der Waals surface area contributed by atoms with Gasteiger partial charge in [0.25, 0.3) is 0 Å². The second-order valence-electron chi connectivity index (χ2n) is 24.2. The van der Waals surface area contributed by atoms with E-state index in [1.165, 1.54) is 334 Å². The second-order valence-corrected chi connectivity index (χ2v) is 24.2. The molecule has 0 fully saturated rings. The molecule has 0 aliphatic rings. The van der Waals surface area contributed by atoms with E-state index in [1.54, 1.807) is 6.08 Å². The van der Waals surface area contributed by atoms with Crippen LogP contribution in [0, 0.1) is 0 Å². The van der Waals surface area contributed by atoms with Crippen LogP contribution in [0.1, 0.15) is 399 Å². The number of carbonyl (C=O) groups excluding carboxylic acids is 2. The van der Waals surface area contributed by atoms with Gasteiger partial charge < -0.3 is 20.3 Å². The molecule has 2 unspecified atom stereocenters. The van der Waals surface area contributed by atoms with E-state index in [-0.39, 0.29) is 18.5 Å². The summed E-state index contributed by atoms with van der Waals surface area (Å²) < 4.78 is 5.48. The van der Waals surface area contributed by atoms with Crippen molar-refractivity contribution >= 4 is 11.9 Å². The van der Waals surface area contributed by atoms with Crippen molar-refractivity contribution in [3.05, 3.63) is 12.2 Å². The Hall–Kier alpha value is -1.40. The number of nitrogens with one attached hydrogen (secondary N) is 1. The fraction of sp³-hybridized carbons (Fsp3) is 0.943. The predicted octanol–water partition coefficient (Wildman–Crippen LogP) is 22.4. The third kappa shape index (κ3) is 61.8. The molecule has 0 aromatic carbocycles. The molecule has 0 aromatic heterocycles. The van der Waals surface area contributed by atoms with Crippen molar-refractivity contribution in [1.82, 2.24) is 5.32 Å². The standard InChI is InChI=1S/C70H137NO5/c1-3-5-7-9-11-13-15-17-18-19-20-21-22-23-24-27-30-33-36-39-42-46-50-54-58-62-68(73)67(66-72)71-69(74)63-59-55-51-47-43-40-37-34-31-28-25-26-29-32-35-38-41-45-49-53-57-61-65-76-70(75)64-60-56-52-48-44-16-14-12-10-8-6-4-2/h58,62,67-68,72-73H,3-57,59-61,63-66H2,1-2H3,(H,71,74)/b62-58+. The summed E-state index contributed by atoms with van der Waals surface area (Å²) in [6.45, 7) is 4.94. The van der Waals surface area contributed by atoms with Crippen molar-refractivity contribution < 1.29 is 24.5 Å². The average molecular weight is 1070 g/mol. The average Bonchev–Trinajstić information content (AvgIpc) is 3.42. The highest BCUT2D eigenvalue weighted by Gasteiger charge is 2.18. The van der Waals surface area contributed by atoms with Gasteiger partial charge in [-0.3, -0.25) is 9.59 Å². The number of allylic oxidation sites excluding steroid dienone is 1. The summed E-state index contributed by atoms with van der Waals surface area (Å²) in [5.41, 5.74) is 0. The zero-order chi connectivity index (χ0) is 55.0. The highest BCUT2D eigenvalue weighted by Crippen LogP contribution is 2.19. The lowest BCUT2D eigenvalue weighted by atomic mass is 10.0. The number of aliphatic hydroxyl groups excluding tert-OH is 2. The maximum atomic E-state index is 12.5. The van der Waals surface area contributed by atoms with Gasteiger partial charge in [-0.1, -0.05) is 366 Å². The normalized spacial score (nSPS) is 12.5. The molecule has 76 heavy (non-hydrogen) atoms. The van der Waals surface area contributed by atoms with Gasteiger partial charge in [-0.05, 0) is 32.1 Å². The predicted molar refractivity (Wildman–Crippen MR) is 333 cm³/mol. The maximum absolute atomic E-state index is 12.5. The summed E-state index contributed by atoms with van der Waals surface area (Å²) in [5, 5.41) is 23.3. The monoisotopic (exact) mass is 1070 g/mol. The Morgan fingerprint density at radius 2 is 0.605 bits per heavy atom. The largest absolute Gasteiger partial charge is 0.466 e. The zero-order valence-electron chi connectivity index (χ0n) is 51.8. The van der Waals surface area contributed by atoms with Crippen LogP contribution in [0.4, 0.5) is 0 Å². The number of ether oxygens (including phenoxy) is 1. The van der Waals surface area contributed by atoms with Crippen molar-refractivity contribution in [2.45, 2.75) is 411 Å². The van der Waals surface area contributed by atoms with Crippen LogP contribution in [0.3, 0.4) is 0 Å². The molecule has 6 nitrogen and oxygen atoms in total. The van der Waals surface area contributed by atoms with E-state index in [0.29, 0.717) is 19.4 Å². The first-order chi connectivity index (χ1) is 37.5. The van der Waals surface area contributed by atoms with Crippen LogP contribution < -0.4 is 5.32 Å². The molecule has 0 rings (SSSR count). The smallest absolute Gasteiger partial charge is 0.305 e. The summed E-state index contributed by atoms with van der Waals surface area (Å²) in [7, 11) is 0. The quantitative estimate of drug-likeness (QED) is 0.0320. The van der Waals surface area contributed by atoms with Gasteiger partial charge in [-0.25, -0.2) is 0 Å². The Morgan fingerprint density at radius 1 is 0.355 bits per heavy atom. The lowest BCUT2D eigenvalue weighted by Crippen LogP contribution is -2.45. The third-order valence-corrected chi connectivity index (χ3v) is 16.6. The molecule has 0 saturated carbocycles. The van der Waals surface area contributed by atoms with Crippen molar-refractivity contribution in [3.8, 4) is 0 Å². The Balaban J connectivity index is 3.41. The number of amides is 1. The minimum atomic E-state index is -0.845. The highest BCUT2D eigenvalue weighted by atomic mass is 16.5. The Bertz CT molecular complexity index is 1140. The maximum Gasteiger partial charge on any atom is 0.305 e. The van der Waals surface area contributed by atoms with E-state index in [0.717, 1.165) is 38.5 Å². The lowest BCUT2D eigenvalue weighted by molar-refractivity contribution is -0.143. The van der Waals surface area contributed by atoms with E-state index in [4.69, 9.17) is 4.74 Å². The molecule has 0 radical (unpaired) electrons. The van der Waals surface area contributed by atoms with Crippen LogP contribution in [0.5, 0.6) is 0 Å². The topological polar surface area (TPSA) is 95.9 Å². The highest BCUT2D eigenvalue weighted by molar-refractivity contribution is 5.76. The van der Waals surface area contributed by atoms with Crippen LogP contribution in [0.25, 0.3) is 0 Å². The molecule has 0 aliphatic heterocycles. The van der Waals surface area contributed by atoms with Crippen LogP contribution in [0.15, 0.2) is 12.2 Å². The van der Waals surface area contributed by atoms with E-state index >= 15 is 0 Å². The fourth-order valence-electron chi connectivity index (χ4n) is 11.2. The first-order valence-electron chi connectivity index (χ1n) is 35.0. The van der Waals surface area contributed by atoms with Gasteiger partial charge in [0, 0.05) is 12.8 Å². The molecule has 2 atom stereocenters. The van der Waals surface area contributed by atoms with Crippen molar-refractivity contribution in [2.75, 3.05) is 13.2 Å². The Labute approximate surface area is 476 Å². The third-order valence-electron chi connectivity index (χ3n) is 16.6. The fourth-order valence-corrected chi connectivity index (χ4v) is 11.2. The first-order valence-corrected chi connectivity index (χ1v) is 35.0. The van der Waals surface area contributed by atoms with Crippen LogP contribution in [-0.4, -0.2) is 47.4 Å². The van der Waals surface area contributed by atoms with Crippen LogP contribution >= 0.6 is 0 Å². The second kappa shape index (κ2) is 66.1. The van der Waals surface area contributed by atoms with Gasteiger partial charge in [0.05, 0.1) is 25.4 Å². The molecule has 0 aliphatic carbocycles. The van der Waals surface area contributed by atoms with Crippen LogP contribution in [0.2, 0.25) is 0 Å². The molecule has 0 heterocycles. The van der Waals surface area contributed by atoms with Crippen LogP contribution in [-0.2, 0) is 14.3 Å². The number of hydrogen-bond donors (Lipinski definition) is 3. The zero-order valence-corrected chi connectivity index (χ0v) is 51.8. The van der Waals surface area contributed by atoms with Crippen molar-refractivity contribution in [1.29, 1.82) is 0 Å². The van der Waals surface area contributed by atoms with E-state index < -0.39 is 12.1 Å². The molecular weight excluding hydrogens is 935 g/mol. The molecule has 3 N–H and O–H groups in total. The summed E-state index contributed by atoms with van der Waals surface area (Å²) in [6, 6.07) is -0.629. The number of aliphatic hydroxyl groups is 2. The first kappa shape index (κ1) is 74.6. The number of esters is 1. The van der Waals surface area contributed by atoms with Gasteiger partial charge >= 0.3 is 5.97 Å². The molecule has 0 bridgehead atoms. The molecular formula is C70H137NO5. The summed E-state index contributed by atoms with van der Waals surface area (Å²) in [4.78, 5) is 24.6. The Kier molecular flexibility index (Phi) is 64.9. The molecule has 6 heteroatoms. The minimum Gasteiger partial charge on any atom is -0.466 e. The number of unbranched alkanes of at least 4 members (excludes halogenated alkanes) is 55. The van der Waals surface area contributed by atoms with Gasteiger partial charge in [0.1, 0.15) is 0 Å². The molecule has 1 amide bonds. The minimum absolute atomic E-state index is 0.0145. The van der Waals surface area contributed by atoms with E-state index in [2.05, 4.69) is 19.2 Å². The summed E-state index contributed by atoms with van der Waals surface area (Å²) in [5.74, 6) is -0.0485. The number of rotatable bonds is 66. The van der Waals surface area contributed by atoms with Gasteiger partial charge in [-0.2, -0.15) is 0 Å². The number of hydrogen-bond acceptors (Lipinski definition) is 5. The Morgan fingerprint density at radius 3 is 0.895 bits per heavy atom. The van der Waals surface area contributed by atoms with E-state index in [9.17, 15) is 19.8 Å². The lowest BCUT2D eigenvalue weighted by Gasteiger charge is -2.20. The summed E-state index contributed by atoms with van der Waals surface area (Å²) in [6.07, 6.45) is 81.4. The van der Waals surface area contributed by atoms with Crippen molar-refractivity contribution in [2.24, 2.45) is 0 Å². The van der Waals surface area contributed by atoms with Gasteiger partial charge in [0.15, 0.2) is 0 Å². The molecule has 0 aromatic rings. The van der Waals surface area contributed by atoms with Crippen molar-refractivity contribution in [3.63, 3.8) is 0 Å². The number of carbonyl (C=O) groups is 2. The molecule has 452 valence electrons. The van der Waals surface area contributed by atoms with Gasteiger partial charge in [-0.15, -0.1) is 0 Å².